The van der Waals surface area contributed by atoms with Gasteiger partial charge in [-0.1, -0.05) is 18.2 Å². The van der Waals surface area contributed by atoms with E-state index < -0.39 is 11.4 Å². The van der Waals surface area contributed by atoms with Crippen LogP contribution in [0.25, 0.3) is 10.9 Å². The van der Waals surface area contributed by atoms with Gasteiger partial charge in [0.25, 0.3) is 0 Å². The first-order valence-electron chi connectivity index (χ1n) is 5.46. The number of benzene rings is 1. The maximum absolute atomic E-state index is 11.3. The number of hydrogen-bond acceptors (Lipinski definition) is 1. The predicted molar refractivity (Wildman–Crippen MR) is 61.6 cm³/mol. The lowest BCUT2D eigenvalue weighted by molar-refractivity contribution is -0.139. The Hall–Kier alpha value is -1.77. The van der Waals surface area contributed by atoms with Crippen LogP contribution in [0.2, 0.25) is 0 Å². The number of carbonyl (C=O) groups is 1. The minimum Gasteiger partial charge on any atom is -0.481 e. The molecule has 3 heteroatoms. The Balaban J connectivity index is 2.26. The van der Waals surface area contributed by atoms with Crippen LogP contribution in [0.4, 0.5) is 0 Å². The Bertz CT molecular complexity index is 579. The summed E-state index contributed by atoms with van der Waals surface area (Å²) >= 11 is 0. The molecule has 1 heterocycles. The summed E-state index contributed by atoms with van der Waals surface area (Å²) in [5, 5.41) is 10.3. The van der Waals surface area contributed by atoms with Gasteiger partial charge in [0.2, 0.25) is 0 Å². The molecule has 82 valence electrons. The van der Waals surface area contributed by atoms with Crippen LogP contribution in [0.3, 0.4) is 0 Å². The molecule has 0 radical (unpaired) electrons. The highest BCUT2D eigenvalue weighted by Crippen LogP contribution is 2.50. The molecule has 1 saturated carbocycles. The van der Waals surface area contributed by atoms with Gasteiger partial charge in [0.1, 0.15) is 0 Å². The van der Waals surface area contributed by atoms with Crippen molar-refractivity contribution in [3.8, 4) is 0 Å². The zero-order valence-corrected chi connectivity index (χ0v) is 9.08. The van der Waals surface area contributed by atoms with E-state index in [4.69, 9.17) is 0 Å². The molecule has 0 saturated heterocycles. The maximum Gasteiger partial charge on any atom is 0.314 e. The normalized spacial score (nSPS) is 17.6. The van der Waals surface area contributed by atoms with Gasteiger partial charge in [-0.05, 0) is 30.9 Å². The first kappa shape index (κ1) is 9.46. The zero-order chi connectivity index (χ0) is 11.3. The highest BCUT2D eigenvalue weighted by atomic mass is 16.4. The van der Waals surface area contributed by atoms with Gasteiger partial charge in [-0.15, -0.1) is 0 Å². The largest absolute Gasteiger partial charge is 0.481 e. The van der Waals surface area contributed by atoms with Crippen molar-refractivity contribution in [2.45, 2.75) is 25.2 Å². The minimum absolute atomic E-state index is 0.619. The van der Waals surface area contributed by atoms with Crippen molar-refractivity contribution in [2.24, 2.45) is 0 Å². The molecule has 0 bridgehead atoms. The van der Waals surface area contributed by atoms with E-state index in [0.717, 1.165) is 34.9 Å². The Morgan fingerprint density at radius 3 is 2.81 bits per heavy atom. The number of hydrogen-bond donors (Lipinski definition) is 2. The summed E-state index contributed by atoms with van der Waals surface area (Å²) in [7, 11) is 0. The van der Waals surface area contributed by atoms with Gasteiger partial charge in [0.15, 0.2) is 0 Å². The Labute approximate surface area is 93.1 Å². The van der Waals surface area contributed by atoms with E-state index in [1.807, 2.05) is 31.3 Å². The average molecular weight is 215 g/mol. The van der Waals surface area contributed by atoms with E-state index in [-0.39, 0.29) is 0 Å². The summed E-state index contributed by atoms with van der Waals surface area (Å²) in [6.45, 7) is 2.03. The van der Waals surface area contributed by atoms with E-state index in [0.29, 0.717) is 0 Å². The lowest BCUT2D eigenvalue weighted by atomic mass is 9.95. The number of carboxylic acid groups (broad SMARTS) is 1. The van der Waals surface area contributed by atoms with Crippen molar-refractivity contribution in [2.75, 3.05) is 0 Å². The molecule has 2 aromatic rings. The molecule has 3 nitrogen and oxygen atoms in total. The van der Waals surface area contributed by atoms with E-state index in [1.54, 1.807) is 0 Å². The number of rotatable bonds is 2. The highest BCUT2D eigenvalue weighted by molar-refractivity contribution is 5.95. The van der Waals surface area contributed by atoms with E-state index in [9.17, 15) is 9.90 Å². The molecule has 1 aromatic carbocycles. The standard InChI is InChI=1S/C13H13NO2/c1-8-3-2-4-9-10(7-14-11(8)9)13(5-6-13)12(15)16/h2-4,7,14H,5-6H2,1H3,(H,15,16). The SMILES string of the molecule is Cc1cccc2c(C3(C(=O)O)CC3)c[nH]c12. The van der Waals surface area contributed by atoms with Crippen LogP contribution in [0.1, 0.15) is 24.0 Å². The predicted octanol–water partition coefficient (Wildman–Crippen LogP) is 2.59. The fourth-order valence-corrected chi connectivity index (χ4v) is 2.43. The summed E-state index contributed by atoms with van der Waals surface area (Å²) in [5.41, 5.74) is 2.54. The molecule has 0 spiro atoms. The molecule has 1 fully saturated rings. The highest BCUT2D eigenvalue weighted by Gasteiger charge is 2.52. The number of aromatic nitrogens is 1. The summed E-state index contributed by atoms with van der Waals surface area (Å²) in [4.78, 5) is 14.5. The Morgan fingerprint density at radius 2 is 2.19 bits per heavy atom. The number of H-pyrrole nitrogens is 1. The van der Waals surface area contributed by atoms with Crippen molar-refractivity contribution in [3.05, 3.63) is 35.5 Å². The summed E-state index contributed by atoms with van der Waals surface area (Å²) in [6, 6.07) is 6.01. The number of aryl methyl sites for hydroxylation is 1. The third-order valence-corrected chi connectivity index (χ3v) is 3.60. The van der Waals surface area contributed by atoms with Gasteiger partial charge in [0.05, 0.1) is 5.41 Å². The molecule has 0 unspecified atom stereocenters. The minimum atomic E-state index is -0.699. The smallest absolute Gasteiger partial charge is 0.314 e. The van der Waals surface area contributed by atoms with Gasteiger partial charge in [-0.25, -0.2) is 0 Å². The van der Waals surface area contributed by atoms with Crippen molar-refractivity contribution >= 4 is 16.9 Å². The van der Waals surface area contributed by atoms with Gasteiger partial charge >= 0.3 is 5.97 Å². The fourth-order valence-electron chi connectivity index (χ4n) is 2.43. The number of para-hydroxylation sites is 1. The van der Waals surface area contributed by atoms with Crippen molar-refractivity contribution < 1.29 is 9.90 Å². The monoisotopic (exact) mass is 215 g/mol. The third kappa shape index (κ3) is 1.06. The molecule has 16 heavy (non-hydrogen) atoms. The molecule has 1 aliphatic rings. The van der Waals surface area contributed by atoms with Crippen LogP contribution >= 0.6 is 0 Å². The first-order chi connectivity index (χ1) is 7.65. The quantitative estimate of drug-likeness (QED) is 0.809. The number of fused-ring (bicyclic) bond motifs is 1. The van der Waals surface area contributed by atoms with Gasteiger partial charge in [-0.3, -0.25) is 4.79 Å². The molecule has 1 aromatic heterocycles. The molecular weight excluding hydrogens is 202 g/mol. The zero-order valence-electron chi connectivity index (χ0n) is 9.08. The fraction of sp³-hybridized carbons (Fsp3) is 0.308. The van der Waals surface area contributed by atoms with E-state index in [1.165, 1.54) is 0 Å². The van der Waals surface area contributed by atoms with Gasteiger partial charge < -0.3 is 10.1 Å². The molecule has 0 aliphatic heterocycles. The summed E-state index contributed by atoms with van der Waals surface area (Å²) in [5.74, 6) is -0.699. The van der Waals surface area contributed by atoms with Crippen molar-refractivity contribution in [1.82, 2.24) is 4.98 Å². The second-order valence-corrected chi connectivity index (χ2v) is 4.59. The van der Waals surface area contributed by atoms with Crippen LogP contribution < -0.4 is 0 Å². The van der Waals surface area contributed by atoms with Crippen LogP contribution in [0, 0.1) is 6.92 Å². The van der Waals surface area contributed by atoms with Crippen molar-refractivity contribution in [1.29, 1.82) is 0 Å². The number of nitrogens with one attached hydrogen (secondary N) is 1. The average Bonchev–Trinajstić information content (AvgIpc) is 2.94. The molecule has 1 aliphatic carbocycles. The molecule has 0 amide bonds. The molecule has 0 atom stereocenters. The second-order valence-electron chi connectivity index (χ2n) is 4.59. The second kappa shape index (κ2) is 2.88. The van der Waals surface area contributed by atoms with E-state index in [2.05, 4.69) is 4.98 Å². The van der Waals surface area contributed by atoms with Crippen molar-refractivity contribution in [3.63, 3.8) is 0 Å². The maximum atomic E-state index is 11.3. The molecule has 3 rings (SSSR count). The molecular formula is C13H13NO2. The van der Waals surface area contributed by atoms with Crippen LogP contribution in [0.15, 0.2) is 24.4 Å². The van der Waals surface area contributed by atoms with Crippen LogP contribution in [-0.4, -0.2) is 16.1 Å². The van der Waals surface area contributed by atoms with Crippen LogP contribution in [0.5, 0.6) is 0 Å². The topological polar surface area (TPSA) is 53.1 Å². The lowest BCUT2D eigenvalue weighted by Gasteiger charge is -2.08. The van der Waals surface area contributed by atoms with Gasteiger partial charge in [-0.2, -0.15) is 0 Å². The molecule has 2 N–H and O–H groups in total. The summed E-state index contributed by atoms with van der Waals surface area (Å²) in [6.07, 6.45) is 3.37. The number of aliphatic carboxylic acids is 1. The van der Waals surface area contributed by atoms with Crippen LogP contribution in [-0.2, 0) is 10.2 Å². The Morgan fingerprint density at radius 1 is 1.44 bits per heavy atom. The van der Waals surface area contributed by atoms with Gasteiger partial charge in [0, 0.05) is 17.1 Å². The third-order valence-electron chi connectivity index (χ3n) is 3.60. The first-order valence-corrected chi connectivity index (χ1v) is 5.46. The van der Waals surface area contributed by atoms with E-state index >= 15 is 0 Å². The number of aromatic amines is 1. The Kier molecular flexibility index (Phi) is 1.70. The lowest BCUT2D eigenvalue weighted by Crippen LogP contribution is -2.18. The summed E-state index contributed by atoms with van der Waals surface area (Å²) < 4.78 is 0. The number of carboxylic acids is 1.